The summed E-state index contributed by atoms with van der Waals surface area (Å²) in [5.41, 5.74) is 5.06. The van der Waals surface area contributed by atoms with Gasteiger partial charge in [-0.1, -0.05) is 44.0 Å². The van der Waals surface area contributed by atoms with Crippen LogP contribution in [0, 0.1) is 0 Å². The van der Waals surface area contributed by atoms with Crippen LogP contribution >= 0.6 is 31.9 Å². The molecule has 1 aliphatic carbocycles. The van der Waals surface area contributed by atoms with Gasteiger partial charge >= 0.3 is 5.97 Å². The van der Waals surface area contributed by atoms with E-state index >= 15 is 0 Å². The summed E-state index contributed by atoms with van der Waals surface area (Å²) in [6.07, 6.45) is 2.11. The molecule has 112 valence electrons. The van der Waals surface area contributed by atoms with Crippen LogP contribution in [0.1, 0.15) is 30.4 Å². The van der Waals surface area contributed by atoms with E-state index in [1.165, 1.54) is 22.3 Å². The van der Waals surface area contributed by atoms with Crippen molar-refractivity contribution in [3.63, 3.8) is 0 Å². The maximum Gasteiger partial charge on any atom is 0.305 e. The van der Waals surface area contributed by atoms with Crippen molar-refractivity contribution >= 4 is 37.8 Å². The molecule has 0 atom stereocenters. The molecule has 0 bridgehead atoms. The molecule has 0 N–H and O–H groups in total. The highest BCUT2D eigenvalue weighted by Crippen LogP contribution is 2.54. The first kappa shape index (κ1) is 14.5. The molecule has 1 heterocycles. The third-order valence-corrected chi connectivity index (χ3v) is 5.82. The summed E-state index contributed by atoms with van der Waals surface area (Å²) < 4.78 is 7.47. The van der Waals surface area contributed by atoms with Gasteiger partial charge in [-0.3, -0.25) is 4.79 Å². The number of carbonyl (C=O) groups is 1. The van der Waals surface area contributed by atoms with Crippen LogP contribution in [0.4, 0.5) is 0 Å². The summed E-state index contributed by atoms with van der Waals surface area (Å²) in [4.78, 5) is 11.7. The van der Waals surface area contributed by atoms with Gasteiger partial charge in [-0.25, -0.2) is 0 Å². The van der Waals surface area contributed by atoms with E-state index in [2.05, 4.69) is 68.3 Å². The first-order valence-electron chi connectivity index (χ1n) is 7.36. The van der Waals surface area contributed by atoms with Gasteiger partial charge < -0.3 is 4.74 Å². The number of ether oxygens (including phenoxy) is 1. The molecule has 1 aliphatic heterocycles. The summed E-state index contributed by atoms with van der Waals surface area (Å²) in [7, 11) is 0. The van der Waals surface area contributed by atoms with E-state index in [-0.39, 0.29) is 11.4 Å². The van der Waals surface area contributed by atoms with Crippen molar-refractivity contribution < 1.29 is 9.53 Å². The molecule has 0 saturated carbocycles. The van der Waals surface area contributed by atoms with Crippen LogP contribution < -0.4 is 0 Å². The second-order valence-electron chi connectivity index (χ2n) is 5.93. The lowest BCUT2D eigenvalue weighted by Gasteiger charge is -2.30. The van der Waals surface area contributed by atoms with E-state index in [1.54, 1.807) is 0 Å². The van der Waals surface area contributed by atoms with Crippen LogP contribution in [0.2, 0.25) is 0 Å². The van der Waals surface area contributed by atoms with Gasteiger partial charge in [-0.05, 0) is 59.4 Å². The molecular formula is C18H14Br2O2. The third kappa shape index (κ3) is 2.08. The standard InChI is InChI=1S/C18H14Br2O2/c19-11-1-3-13-14-4-2-12(20)10-16(14)18(15(13)9-11)6-5-17(21)22-8-7-18/h1-4,9-10H,5-8H2. The summed E-state index contributed by atoms with van der Waals surface area (Å²) in [5.74, 6) is -0.0862. The van der Waals surface area contributed by atoms with E-state index in [4.69, 9.17) is 4.74 Å². The molecule has 2 aromatic rings. The molecule has 0 aromatic heterocycles. The van der Waals surface area contributed by atoms with Crippen molar-refractivity contribution in [3.05, 3.63) is 56.5 Å². The molecule has 4 heteroatoms. The Kier molecular flexibility index (Phi) is 3.42. The van der Waals surface area contributed by atoms with Gasteiger partial charge in [-0.15, -0.1) is 0 Å². The number of fused-ring (bicyclic) bond motifs is 5. The topological polar surface area (TPSA) is 26.3 Å². The van der Waals surface area contributed by atoms with E-state index in [0.29, 0.717) is 13.0 Å². The van der Waals surface area contributed by atoms with Crippen LogP contribution in [-0.2, 0) is 14.9 Å². The summed E-state index contributed by atoms with van der Waals surface area (Å²) in [5, 5.41) is 0. The predicted octanol–water partition coefficient (Wildman–Crippen LogP) is 5.21. The lowest BCUT2D eigenvalue weighted by Crippen LogP contribution is -2.25. The molecule has 22 heavy (non-hydrogen) atoms. The Hall–Kier alpha value is -1.13. The molecule has 0 radical (unpaired) electrons. The number of rotatable bonds is 0. The largest absolute Gasteiger partial charge is 0.466 e. The SMILES string of the molecule is O=C1CCC2(CCO1)c1cc(Br)ccc1-c1ccc(Br)cc12. The molecular weight excluding hydrogens is 408 g/mol. The van der Waals surface area contributed by atoms with Crippen molar-refractivity contribution in [2.45, 2.75) is 24.7 Å². The number of carbonyl (C=O) groups excluding carboxylic acids is 1. The Bertz CT molecular complexity index is 731. The number of benzene rings is 2. The zero-order valence-corrected chi connectivity index (χ0v) is 15.0. The first-order valence-corrected chi connectivity index (χ1v) is 8.95. The van der Waals surface area contributed by atoms with Crippen molar-refractivity contribution in [2.75, 3.05) is 6.61 Å². The highest BCUT2D eigenvalue weighted by Gasteiger charge is 2.44. The second kappa shape index (κ2) is 5.20. The van der Waals surface area contributed by atoms with E-state index in [9.17, 15) is 4.79 Å². The molecule has 0 amide bonds. The quantitative estimate of drug-likeness (QED) is 0.546. The van der Waals surface area contributed by atoms with Crippen LogP contribution in [-0.4, -0.2) is 12.6 Å². The van der Waals surface area contributed by atoms with Gasteiger partial charge in [-0.2, -0.15) is 0 Å². The van der Waals surface area contributed by atoms with Crippen LogP contribution in [0.25, 0.3) is 11.1 Å². The Morgan fingerprint density at radius 2 is 1.50 bits per heavy atom. The van der Waals surface area contributed by atoms with E-state index in [1.807, 2.05) is 0 Å². The van der Waals surface area contributed by atoms with Gasteiger partial charge in [0.05, 0.1) is 6.61 Å². The average molecular weight is 422 g/mol. The molecule has 0 unspecified atom stereocenters. The van der Waals surface area contributed by atoms with Crippen molar-refractivity contribution in [2.24, 2.45) is 0 Å². The summed E-state index contributed by atoms with van der Waals surface area (Å²) in [6, 6.07) is 12.9. The fourth-order valence-corrected chi connectivity index (χ4v) is 4.55. The van der Waals surface area contributed by atoms with Crippen molar-refractivity contribution in [1.29, 1.82) is 0 Å². The lowest BCUT2D eigenvalue weighted by molar-refractivity contribution is -0.142. The Balaban J connectivity index is 1.99. The number of cyclic esters (lactones) is 1. The molecule has 1 saturated heterocycles. The minimum absolute atomic E-state index is 0.0862. The van der Waals surface area contributed by atoms with Crippen molar-refractivity contribution in [3.8, 4) is 11.1 Å². The third-order valence-electron chi connectivity index (χ3n) is 4.83. The fraction of sp³-hybridized carbons (Fsp3) is 0.278. The van der Waals surface area contributed by atoms with Crippen LogP contribution in [0.5, 0.6) is 0 Å². The molecule has 2 aliphatic rings. The van der Waals surface area contributed by atoms with E-state index in [0.717, 1.165) is 21.8 Å². The fourth-order valence-electron chi connectivity index (χ4n) is 3.83. The zero-order valence-electron chi connectivity index (χ0n) is 11.9. The van der Waals surface area contributed by atoms with Gasteiger partial charge in [0.1, 0.15) is 0 Å². The normalized spacial score (nSPS) is 18.5. The monoisotopic (exact) mass is 420 g/mol. The highest BCUT2D eigenvalue weighted by molar-refractivity contribution is 9.10. The molecule has 2 aromatic carbocycles. The minimum Gasteiger partial charge on any atom is -0.466 e. The zero-order chi connectivity index (χ0) is 15.3. The Morgan fingerprint density at radius 3 is 2.09 bits per heavy atom. The van der Waals surface area contributed by atoms with Gasteiger partial charge in [0.2, 0.25) is 0 Å². The maximum absolute atomic E-state index is 11.7. The average Bonchev–Trinajstić information content (AvgIpc) is 2.62. The molecule has 2 nitrogen and oxygen atoms in total. The minimum atomic E-state index is -0.121. The summed E-state index contributed by atoms with van der Waals surface area (Å²) in [6.45, 7) is 0.483. The van der Waals surface area contributed by atoms with Gasteiger partial charge in [0.15, 0.2) is 0 Å². The van der Waals surface area contributed by atoms with Gasteiger partial charge in [0.25, 0.3) is 0 Å². The second-order valence-corrected chi connectivity index (χ2v) is 7.76. The number of esters is 1. The summed E-state index contributed by atoms with van der Waals surface area (Å²) >= 11 is 7.20. The molecule has 1 fully saturated rings. The number of hydrogen-bond donors (Lipinski definition) is 0. The Morgan fingerprint density at radius 1 is 0.909 bits per heavy atom. The smallest absolute Gasteiger partial charge is 0.305 e. The number of halogens is 2. The van der Waals surface area contributed by atoms with Crippen molar-refractivity contribution in [1.82, 2.24) is 0 Å². The first-order chi connectivity index (χ1) is 10.6. The highest BCUT2D eigenvalue weighted by atomic mass is 79.9. The van der Waals surface area contributed by atoms with Crippen LogP contribution in [0.3, 0.4) is 0 Å². The predicted molar refractivity (Wildman–Crippen MR) is 92.9 cm³/mol. The van der Waals surface area contributed by atoms with Crippen LogP contribution in [0.15, 0.2) is 45.3 Å². The molecule has 1 spiro atoms. The number of hydrogen-bond acceptors (Lipinski definition) is 2. The van der Waals surface area contributed by atoms with Gasteiger partial charge in [0, 0.05) is 20.8 Å². The maximum atomic E-state index is 11.7. The molecule has 4 rings (SSSR count). The van der Waals surface area contributed by atoms with E-state index < -0.39 is 0 Å². The Labute approximate surface area is 146 Å². The lowest BCUT2D eigenvalue weighted by atomic mass is 9.72.